The summed E-state index contributed by atoms with van der Waals surface area (Å²) in [4.78, 5) is 22.4. The number of alkyl halides is 1. The Labute approximate surface area is 128 Å². The molecule has 0 amide bonds. The molecule has 0 saturated heterocycles. The minimum atomic E-state index is -1.82. The lowest BCUT2D eigenvalue weighted by molar-refractivity contribution is -0.173. The number of esters is 2. The van der Waals surface area contributed by atoms with Crippen LogP contribution in [0.25, 0.3) is 0 Å². The van der Waals surface area contributed by atoms with Gasteiger partial charge in [-0.1, -0.05) is 30.9 Å². The summed E-state index contributed by atoms with van der Waals surface area (Å²) in [7, 11) is 0. The number of carbonyl (C=O) groups is 2. The number of carbonyl (C=O) groups excluding carboxylic acids is 2. The number of cyclic esters (lactones) is 1. The molecule has 1 aliphatic rings. The number of allylic oxidation sites excluding steroid dienone is 4. The van der Waals surface area contributed by atoms with Crippen LogP contribution in [0.2, 0.25) is 0 Å². The highest BCUT2D eigenvalue weighted by atomic mass is 19.1. The number of ether oxygens (including phenoxy) is 2. The van der Waals surface area contributed by atoms with Crippen LogP contribution in [0.15, 0.2) is 48.6 Å². The zero-order valence-electron chi connectivity index (χ0n) is 12.4. The second-order valence-corrected chi connectivity index (χ2v) is 4.61. The maximum absolute atomic E-state index is 14.4. The Bertz CT molecular complexity index is 521. The zero-order chi connectivity index (χ0) is 16.7. The average Bonchev–Trinajstić information content (AvgIpc) is 2.48. The number of aliphatic hydroxyl groups excluding tert-OH is 1. The molecule has 1 aliphatic heterocycles. The van der Waals surface area contributed by atoms with E-state index >= 15 is 0 Å². The van der Waals surface area contributed by atoms with Crippen LogP contribution in [-0.2, 0) is 19.1 Å². The molecule has 1 heterocycles. The van der Waals surface area contributed by atoms with Gasteiger partial charge in [0.1, 0.15) is 6.10 Å². The van der Waals surface area contributed by atoms with E-state index in [0.717, 1.165) is 6.08 Å². The van der Waals surface area contributed by atoms with Crippen molar-refractivity contribution in [3.63, 3.8) is 0 Å². The van der Waals surface area contributed by atoms with Gasteiger partial charge in [0.15, 0.2) is 18.4 Å². The molecule has 0 saturated carbocycles. The Kier molecular flexibility index (Phi) is 6.72. The molecule has 6 heteroatoms. The van der Waals surface area contributed by atoms with Crippen molar-refractivity contribution in [2.75, 3.05) is 0 Å². The lowest BCUT2D eigenvalue weighted by Crippen LogP contribution is -2.48. The van der Waals surface area contributed by atoms with Crippen molar-refractivity contribution < 1.29 is 28.6 Å². The molecule has 0 aromatic carbocycles. The zero-order valence-corrected chi connectivity index (χ0v) is 12.4. The van der Waals surface area contributed by atoms with Crippen LogP contribution < -0.4 is 0 Å². The summed E-state index contributed by atoms with van der Waals surface area (Å²) in [6.45, 7) is 6.26. The predicted octanol–water partition coefficient (Wildman–Crippen LogP) is 1.79. The molecule has 0 fully saturated rings. The van der Waals surface area contributed by atoms with E-state index < -0.39 is 36.4 Å². The summed E-state index contributed by atoms with van der Waals surface area (Å²) in [6, 6.07) is 0. The first-order valence-electron chi connectivity index (χ1n) is 6.74. The van der Waals surface area contributed by atoms with Gasteiger partial charge in [-0.3, -0.25) is 4.79 Å². The topological polar surface area (TPSA) is 72.8 Å². The highest BCUT2D eigenvalue weighted by Gasteiger charge is 2.40. The standard InChI is InChI=1S/C16H19FO5/c1-4-6-7-11(5-2)14(17)15(20)16-12(21-10(3)18)8-9-13(19)22-16/h4-9,12,14-16,20H,1H2,2-3H3/b7-6-,11-5+. The van der Waals surface area contributed by atoms with E-state index in [2.05, 4.69) is 6.58 Å². The van der Waals surface area contributed by atoms with E-state index in [1.54, 1.807) is 6.92 Å². The van der Waals surface area contributed by atoms with Gasteiger partial charge < -0.3 is 14.6 Å². The van der Waals surface area contributed by atoms with Crippen LogP contribution in [0.4, 0.5) is 4.39 Å². The molecule has 0 aliphatic carbocycles. The van der Waals surface area contributed by atoms with Crippen molar-refractivity contribution in [2.45, 2.75) is 38.3 Å². The van der Waals surface area contributed by atoms with E-state index in [1.807, 2.05) is 0 Å². The molecule has 0 radical (unpaired) electrons. The van der Waals surface area contributed by atoms with Crippen LogP contribution >= 0.6 is 0 Å². The molecule has 0 spiro atoms. The summed E-state index contributed by atoms with van der Waals surface area (Å²) in [5, 5.41) is 10.2. The van der Waals surface area contributed by atoms with Crippen LogP contribution in [-0.4, -0.2) is 41.5 Å². The molecule has 5 nitrogen and oxygen atoms in total. The predicted molar refractivity (Wildman–Crippen MR) is 78.6 cm³/mol. The fourth-order valence-corrected chi connectivity index (χ4v) is 1.98. The van der Waals surface area contributed by atoms with Crippen LogP contribution in [0.5, 0.6) is 0 Å². The molecule has 120 valence electrons. The second-order valence-electron chi connectivity index (χ2n) is 4.61. The molecule has 4 atom stereocenters. The van der Waals surface area contributed by atoms with Crippen molar-refractivity contribution >= 4 is 11.9 Å². The Morgan fingerprint density at radius 1 is 1.59 bits per heavy atom. The Morgan fingerprint density at radius 3 is 2.82 bits per heavy atom. The Hall–Kier alpha value is -2.21. The van der Waals surface area contributed by atoms with Crippen molar-refractivity contribution in [2.24, 2.45) is 0 Å². The summed E-state index contributed by atoms with van der Waals surface area (Å²) < 4.78 is 24.3. The SMILES string of the molecule is C=C/C=C\C(=C/C)C(F)C(O)C1OC(=O)C=CC1OC(C)=O. The molecular formula is C16H19FO5. The first-order chi connectivity index (χ1) is 10.4. The minimum Gasteiger partial charge on any atom is -0.454 e. The first kappa shape index (κ1) is 17.8. The fourth-order valence-electron chi connectivity index (χ4n) is 1.98. The van der Waals surface area contributed by atoms with Gasteiger partial charge in [-0.05, 0) is 18.6 Å². The van der Waals surface area contributed by atoms with Gasteiger partial charge >= 0.3 is 11.9 Å². The van der Waals surface area contributed by atoms with Gasteiger partial charge in [0.05, 0.1) is 0 Å². The van der Waals surface area contributed by atoms with Gasteiger partial charge in [-0.25, -0.2) is 9.18 Å². The van der Waals surface area contributed by atoms with Crippen molar-refractivity contribution in [1.82, 2.24) is 0 Å². The van der Waals surface area contributed by atoms with Gasteiger partial charge in [0.2, 0.25) is 0 Å². The normalized spacial score (nSPS) is 24.7. The Balaban J connectivity index is 2.96. The van der Waals surface area contributed by atoms with E-state index in [1.165, 1.54) is 37.3 Å². The fraction of sp³-hybridized carbons (Fsp3) is 0.375. The van der Waals surface area contributed by atoms with E-state index in [9.17, 15) is 19.1 Å². The summed E-state index contributed by atoms with van der Waals surface area (Å²) in [5.41, 5.74) is 0.194. The highest BCUT2D eigenvalue weighted by Crippen LogP contribution is 2.23. The smallest absolute Gasteiger partial charge is 0.331 e. The maximum Gasteiger partial charge on any atom is 0.331 e. The summed E-state index contributed by atoms with van der Waals surface area (Å²) in [6.07, 6.45) is 2.40. The quantitative estimate of drug-likeness (QED) is 0.598. The third kappa shape index (κ3) is 4.66. The highest BCUT2D eigenvalue weighted by molar-refractivity contribution is 5.83. The number of hydrogen-bond acceptors (Lipinski definition) is 5. The second kappa shape index (κ2) is 8.29. The molecule has 0 aromatic rings. The molecule has 1 rings (SSSR count). The van der Waals surface area contributed by atoms with Gasteiger partial charge in [-0.2, -0.15) is 0 Å². The monoisotopic (exact) mass is 310 g/mol. The minimum absolute atomic E-state index is 0.194. The third-order valence-corrected chi connectivity index (χ3v) is 3.01. The number of rotatable bonds is 6. The number of aliphatic hydroxyl groups is 1. The van der Waals surface area contributed by atoms with Gasteiger partial charge in [-0.15, -0.1) is 0 Å². The van der Waals surface area contributed by atoms with Crippen LogP contribution in [0, 0.1) is 0 Å². The lowest BCUT2D eigenvalue weighted by Gasteiger charge is -2.32. The molecule has 1 N–H and O–H groups in total. The molecule has 0 aromatic heterocycles. The molecule has 0 bridgehead atoms. The molecule has 4 unspecified atom stereocenters. The van der Waals surface area contributed by atoms with E-state index in [4.69, 9.17) is 9.47 Å². The number of halogens is 1. The van der Waals surface area contributed by atoms with E-state index in [-0.39, 0.29) is 5.57 Å². The average molecular weight is 310 g/mol. The molecule has 22 heavy (non-hydrogen) atoms. The van der Waals surface area contributed by atoms with Gasteiger partial charge in [0, 0.05) is 13.0 Å². The summed E-state index contributed by atoms with van der Waals surface area (Å²) >= 11 is 0. The molecular weight excluding hydrogens is 291 g/mol. The Morgan fingerprint density at radius 2 is 2.27 bits per heavy atom. The van der Waals surface area contributed by atoms with E-state index in [0.29, 0.717) is 0 Å². The first-order valence-corrected chi connectivity index (χ1v) is 6.74. The van der Waals surface area contributed by atoms with Crippen LogP contribution in [0.1, 0.15) is 13.8 Å². The maximum atomic E-state index is 14.4. The van der Waals surface area contributed by atoms with Crippen molar-refractivity contribution in [1.29, 1.82) is 0 Å². The lowest BCUT2D eigenvalue weighted by atomic mass is 9.96. The number of hydrogen-bond donors (Lipinski definition) is 1. The van der Waals surface area contributed by atoms with Crippen molar-refractivity contribution in [3.8, 4) is 0 Å². The van der Waals surface area contributed by atoms with Gasteiger partial charge in [0.25, 0.3) is 0 Å². The third-order valence-electron chi connectivity index (χ3n) is 3.01. The largest absolute Gasteiger partial charge is 0.454 e. The summed E-state index contributed by atoms with van der Waals surface area (Å²) in [5.74, 6) is -1.36. The van der Waals surface area contributed by atoms with Crippen LogP contribution in [0.3, 0.4) is 0 Å². The van der Waals surface area contributed by atoms with Crippen molar-refractivity contribution in [3.05, 3.63) is 48.6 Å².